The minimum Gasteiger partial charge on any atom is -0.0975 e. The quantitative estimate of drug-likeness (QED) is 0.637. The van der Waals surface area contributed by atoms with E-state index in [1.165, 1.54) is 6.08 Å². The van der Waals surface area contributed by atoms with Gasteiger partial charge < -0.3 is 0 Å². The fourth-order valence-electron chi connectivity index (χ4n) is 0.330. The first-order valence-corrected chi connectivity index (χ1v) is 4.18. The molecule has 0 radical (unpaired) electrons. The van der Waals surface area contributed by atoms with Crippen LogP contribution in [0.5, 0.6) is 0 Å². The predicted octanol–water partition coefficient (Wildman–Crippen LogP) is 4.16. The Morgan fingerprint density at radius 2 is 2.00 bits per heavy atom. The lowest BCUT2D eigenvalue weighted by molar-refractivity contribution is 1.67. The molecule has 0 aromatic heterocycles. The van der Waals surface area contributed by atoms with Crippen molar-refractivity contribution in [2.45, 2.75) is 6.92 Å². The van der Waals surface area contributed by atoms with Crippen molar-refractivity contribution in [1.82, 2.24) is 0 Å². The van der Waals surface area contributed by atoms with Crippen LogP contribution in [0.4, 0.5) is 0 Å². The van der Waals surface area contributed by atoms with Gasteiger partial charge >= 0.3 is 0 Å². The Bertz CT molecular complexity index is 192. The maximum atomic E-state index is 5.71. The van der Waals surface area contributed by atoms with Crippen molar-refractivity contribution in [3.05, 3.63) is 33.3 Å². The Hall–Kier alpha value is 0.280. The van der Waals surface area contributed by atoms with Gasteiger partial charge in [0, 0.05) is 0 Å². The standard InChI is InChI=1S/C7H7BrCl2/c1-3-5(9)7(8)6(10)4-2/h3-4H,1H2,2H3/b6-4+,7-5-. The fourth-order valence-corrected chi connectivity index (χ4v) is 0.973. The molecule has 0 aliphatic rings. The van der Waals surface area contributed by atoms with Gasteiger partial charge in [-0.2, -0.15) is 0 Å². The van der Waals surface area contributed by atoms with Crippen molar-refractivity contribution in [2.75, 3.05) is 0 Å². The number of hydrogen-bond donors (Lipinski definition) is 0. The van der Waals surface area contributed by atoms with Crippen LogP contribution >= 0.6 is 39.1 Å². The molecule has 0 N–H and O–H groups in total. The van der Waals surface area contributed by atoms with E-state index in [-0.39, 0.29) is 0 Å². The van der Waals surface area contributed by atoms with Gasteiger partial charge in [0.25, 0.3) is 0 Å². The zero-order valence-corrected chi connectivity index (χ0v) is 8.59. The zero-order chi connectivity index (χ0) is 8.15. The minimum absolute atomic E-state index is 0.517. The largest absolute Gasteiger partial charge is 0.0975 e. The highest BCUT2D eigenvalue weighted by Gasteiger charge is 1.99. The lowest BCUT2D eigenvalue weighted by Crippen LogP contribution is -1.73. The summed E-state index contributed by atoms with van der Waals surface area (Å²) in [5, 5.41) is 1.10. The summed E-state index contributed by atoms with van der Waals surface area (Å²) in [6.45, 7) is 5.32. The van der Waals surface area contributed by atoms with Crippen molar-refractivity contribution in [3.8, 4) is 0 Å². The second-order valence-corrected chi connectivity index (χ2v) is 3.11. The highest BCUT2D eigenvalue weighted by molar-refractivity contribution is 9.12. The molecule has 0 rings (SSSR count). The average Bonchev–Trinajstić information content (AvgIpc) is 2.00. The maximum Gasteiger partial charge on any atom is 0.0557 e. The topological polar surface area (TPSA) is 0 Å². The van der Waals surface area contributed by atoms with E-state index in [2.05, 4.69) is 22.5 Å². The molecule has 0 spiro atoms. The predicted molar refractivity (Wildman–Crippen MR) is 51.6 cm³/mol. The van der Waals surface area contributed by atoms with Crippen LogP contribution in [0.2, 0.25) is 0 Å². The number of rotatable bonds is 2. The Balaban J connectivity index is 4.63. The van der Waals surface area contributed by atoms with Crippen molar-refractivity contribution >= 4 is 39.1 Å². The van der Waals surface area contributed by atoms with Crippen molar-refractivity contribution < 1.29 is 0 Å². The van der Waals surface area contributed by atoms with Crippen LogP contribution in [0.3, 0.4) is 0 Å². The van der Waals surface area contributed by atoms with Gasteiger partial charge in [-0.25, -0.2) is 0 Å². The number of hydrogen-bond acceptors (Lipinski definition) is 0. The lowest BCUT2D eigenvalue weighted by atomic mass is 10.4. The first-order chi connectivity index (χ1) is 4.63. The van der Waals surface area contributed by atoms with Gasteiger partial charge in [-0.1, -0.05) is 35.9 Å². The maximum absolute atomic E-state index is 5.71. The normalized spacial score (nSPS) is 14.6. The van der Waals surface area contributed by atoms with Crippen LogP contribution in [0.25, 0.3) is 0 Å². The molecule has 0 heterocycles. The van der Waals surface area contributed by atoms with Crippen LogP contribution in [-0.2, 0) is 0 Å². The van der Waals surface area contributed by atoms with E-state index in [1.54, 1.807) is 6.08 Å². The average molecular weight is 242 g/mol. The summed E-state index contributed by atoms with van der Waals surface area (Å²) < 4.78 is 0.674. The van der Waals surface area contributed by atoms with E-state index in [4.69, 9.17) is 23.2 Å². The molecule has 0 fully saturated rings. The highest BCUT2D eigenvalue weighted by Crippen LogP contribution is 2.26. The van der Waals surface area contributed by atoms with Crippen LogP contribution < -0.4 is 0 Å². The molecule has 0 aliphatic heterocycles. The molecule has 0 saturated heterocycles. The summed E-state index contributed by atoms with van der Waals surface area (Å²) in [5.41, 5.74) is 0. The zero-order valence-electron chi connectivity index (χ0n) is 5.50. The van der Waals surface area contributed by atoms with Crippen molar-refractivity contribution in [1.29, 1.82) is 0 Å². The van der Waals surface area contributed by atoms with E-state index in [0.29, 0.717) is 14.5 Å². The second kappa shape index (κ2) is 5.00. The van der Waals surface area contributed by atoms with E-state index in [0.717, 1.165) is 0 Å². The second-order valence-electron chi connectivity index (χ2n) is 1.50. The molecule has 0 saturated carbocycles. The first-order valence-electron chi connectivity index (χ1n) is 2.63. The molecule has 0 aromatic carbocycles. The fraction of sp³-hybridized carbons (Fsp3) is 0.143. The Morgan fingerprint density at radius 1 is 1.50 bits per heavy atom. The monoisotopic (exact) mass is 240 g/mol. The van der Waals surface area contributed by atoms with Gasteiger partial charge in [0.1, 0.15) is 0 Å². The van der Waals surface area contributed by atoms with Crippen LogP contribution in [0, 0.1) is 0 Å². The smallest absolute Gasteiger partial charge is 0.0557 e. The summed E-state index contributed by atoms with van der Waals surface area (Å²) in [7, 11) is 0. The molecule has 0 aromatic rings. The van der Waals surface area contributed by atoms with Crippen LogP contribution in [0.15, 0.2) is 33.3 Å². The summed E-state index contributed by atoms with van der Waals surface area (Å²) in [6.07, 6.45) is 3.27. The van der Waals surface area contributed by atoms with Gasteiger partial charge in [0.05, 0.1) is 14.5 Å². The lowest BCUT2D eigenvalue weighted by Gasteiger charge is -1.95. The van der Waals surface area contributed by atoms with Crippen LogP contribution in [0.1, 0.15) is 6.92 Å². The van der Waals surface area contributed by atoms with Gasteiger partial charge in [0.15, 0.2) is 0 Å². The molecular weight excluding hydrogens is 235 g/mol. The molecule has 10 heavy (non-hydrogen) atoms. The van der Waals surface area contributed by atoms with Crippen molar-refractivity contribution in [3.63, 3.8) is 0 Å². The summed E-state index contributed by atoms with van der Waals surface area (Å²) in [6, 6.07) is 0. The van der Waals surface area contributed by atoms with E-state index < -0.39 is 0 Å². The summed E-state index contributed by atoms with van der Waals surface area (Å²) in [5.74, 6) is 0. The van der Waals surface area contributed by atoms with Gasteiger partial charge in [0.2, 0.25) is 0 Å². The SMILES string of the molecule is C=C/C(Cl)=C(Br)\C(Cl)=C/C. The van der Waals surface area contributed by atoms with E-state index >= 15 is 0 Å². The third-order valence-corrected chi connectivity index (χ3v) is 2.91. The van der Waals surface area contributed by atoms with E-state index in [9.17, 15) is 0 Å². The first kappa shape index (κ1) is 10.3. The Kier molecular flexibility index (Phi) is 5.14. The van der Waals surface area contributed by atoms with Gasteiger partial charge in [-0.3, -0.25) is 0 Å². The summed E-state index contributed by atoms with van der Waals surface area (Å²) >= 11 is 14.6. The third-order valence-electron chi connectivity index (χ3n) is 0.852. The molecule has 0 nitrogen and oxygen atoms in total. The molecule has 3 heteroatoms. The number of halogens is 3. The molecule has 56 valence electrons. The van der Waals surface area contributed by atoms with Gasteiger partial charge in [-0.05, 0) is 28.9 Å². The number of allylic oxidation sites excluding steroid dienone is 5. The molecule has 0 amide bonds. The Labute approximate surface area is 79.3 Å². The molecular formula is C7H7BrCl2. The van der Waals surface area contributed by atoms with Crippen LogP contribution in [-0.4, -0.2) is 0 Å². The highest BCUT2D eigenvalue weighted by atomic mass is 79.9. The van der Waals surface area contributed by atoms with E-state index in [1.807, 2.05) is 6.92 Å². The third kappa shape index (κ3) is 2.91. The summed E-state index contributed by atoms with van der Waals surface area (Å²) in [4.78, 5) is 0. The van der Waals surface area contributed by atoms with Crippen molar-refractivity contribution in [2.24, 2.45) is 0 Å². The molecule has 0 aliphatic carbocycles. The molecule has 0 atom stereocenters. The minimum atomic E-state index is 0.517. The van der Waals surface area contributed by atoms with Gasteiger partial charge in [-0.15, -0.1) is 0 Å². The molecule has 0 bridgehead atoms. The Morgan fingerprint density at radius 3 is 2.30 bits per heavy atom. The molecule has 0 unspecified atom stereocenters.